The minimum Gasteiger partial charge on any atom is -0.493 e. The fourth-order valence-electron chi connectivity index (χ4n) is 8.12. The number of ether oxygens (including phenoxy) is 7. The maximum absolute atomic E-state index is 13.8. The molecule has 271 valence electrons. The second kappa shape index (κ2) is 13.5. The van der Waals surface area contributed by atoms with E-state index < -0.39 is 47.1 Å². The van der Waals surface area contributed by atoms with E-state index in [1.165, 1.54) is 14.2 Å². The number of fused-ring (bicyclic) bond motifs is 3. The van der Waals surface area contributed by atoms with E-state index in [0.717, 1.165) is 16.2 Å². The van der Waals surface area contributed by atoms with E-state index in [1.54, 1.807) is 12.1 Å². The number of hydrogen-bond donors (Lipinski definition) is 1. The number of carbonyl (C=O) groups is 3. The van der Waals surface area contributed by atoms with Gasteiger partial charge in [-0.25, -0.2) is 9.59 Å². The van der Waals surface area contributed by atoms with Gasteiger partial charge in [0.1, 0.15) is 12.1 Å². The Bertz CT molecular complexity index is 1610. The highest BCUT2D eigenvalue weighted by Crippen LogP contribution is 2.52. The number of nitrogens with one attached hydrogen (secondary N) is 1. The molecule has 3 heterocycles. The normalized spacial score (nSPS) is 24.1. The van der Waals surface area contributed by atoms with Gasteiger partial charge in [-0.05, 0) is 87.4 Å². The van der Waals surface area contributed by atoms with Crippen molar-refractivity contribution in [3.8, 4) is 28.7 Å². The summed E-state index contributed by atoms with van der Waals surface area (Å²) in [5, 5.41) is 16.5. The molecule has 1 unspecified atom stereocenters. The van der Waals surface area contributed by atoms with Crippen molar-refractivity contribution in [2.45, 2.75) is 96.4 Å². The molecule has 0 saturated carbocycles. The number of benzene rings is 2. The van der Waals surface area contributed by atoms with E-state index in [0.29, 0.717) is 42.9 Å². The first-order valence-corrected chi connectivity index (χ1v) is 17.1. The Morgan fingerprint density at radius 1 is 0.960 bits per heavy atom. The molecule has 1 aliphatic carbocycles. The van der Waals surface area contributed by atoms with Crippen LogP contribution in [0.15, 0.2) is 24.3 Å². The number of methoxy groups -OCH3 is 2. The number of amides is 1. The Balaban J connectivity index is 1.26. The monoisotopic (exact) mass is 695 g/mol. The number of alkyl carbamates (subject to hydrolysis) is 1. The molecule has 3 aliphatic heterocycles. The van der Waals surface area contributed by atoms with E-state index in [2.05, 4.69) is 5.32 Å². The summed E-state index contributed by atoms with van der Waals surface area (Å²) in [7, 11) is 2.90. The lowest BCUT2D eigenvalue weighted by Crippen LogP contribution is -2.60. The zero-order valence-corrected chi connectivity index (χ0v) is 30.0. The van der Waals surface area contributed by atoms with Crippen LogP contribution in [0.2, 0.25) is 0 Å². The summed E-state index contributed by atoms with van der Waals surface area (Å²) in [5.41, 5.74) is 1.19. The molecule has 4 atom stereocenters. The van der Waals surface area contributed by atoms with Crippen LogP contribution in [-0.2, 0) is 30.7 Å². The summed E-state index contributed by atoms with van der Waals surface area (Å²) in [5.74, 6) is -0.182. The van der Waals surface area contributed by atoms with E-state index >= 15 is 0 Å². The van der Waals surface area contributed by atoms with Crippen molar-refractivity contribution in [3.63, 3.8) is 0 Å². The van der Waals surface area contributed by atoms with Crippen LogP contribution in [0.3, 0.4) is 0 Å². The Kier molecular flexibility index (Phi) is 9.59. The molecule has 2 aromatic carbocycles. The second-order valence-corrected chi connectivity index (χ2v) is 15.4. The number of rotatable bonds is 9. The molecule has 0 spiro atoms. The van der Waals surface area contributed by atoms with Crippen molar-refractivity contribution in [1.29, 1.82) is 0 Å². The fourth-order valence-corrected chi connectivity index (χ4v) is 8.12. The summed E-state index contributed by atoms with van der Waals surface area (Å²) >= 11 is 0. The molecule has 0 aromatic heterocycles. The topological polar surface area (TPSA) is 151 Å². The molecule has 1 amide bonds. The average molecular weight is 696 g/mol. The quantitative estimate of drug-likeness (QED) is 0.268. The Morgan fingerprint density at radius 2 is 1.58 bits per heavy atom. The largest absolute Gasteiger partial charge is 0.493 e. The van der Waals surface area contributed by atoms with Crippen molar-refractivity contribution in [2.75, 3.05) is 27.6 Å². The Hall–Kier alpha value is -4.23. The van der Waals surface area contributed by atoms with Crippen molar-refractivity contribution >= 4 is 18.0 Å². The van der Waals surface area contributed by atoms with Crippen LogP contribution >= 0.6 is 0 Å². The lowest BCUT2D eigenvalue weighted by atomic mass is 9.67. The van der Waals surface area contributed by atoms with Crippen LogP contribution in [0, 0.1) is 17.8 Å². The molecule has 6 rings (SSSR count). The fraction of sp³-hybridized carbons (Fsp3) is 0.595. The molecule has 2 aromatic rings. The molecule has 0 bridgehead atoms. The van der Waals surface area contributed by atoms with Gasteiger partial charge in [-0.2, -0.15) is 0 Å². The summed E-state index contributed by atoms with van der Waals surface area (Å²) in [6.45, 7) is 11.6. The van der Waals surface area contributed by atoms with Crippen LogP contribution in [0.5, 0.6) is 28.7 Å². The van der Waals surface area contributed by atoms with Gasteiger partial charge in [-0.3, -0.25) is 4.79 Å². The van der Waals surface area contributed by atoms with Gasteiger partial charge in [0.15, 0.2) is 23.0 Å². The molecule has 2 saturated heterocycles. The highest BCUT2D eigenvalue weighted by molar-refractivity contribution is 5.84. The van der Waals surface area contributed by atoms with Crippen LogP contribution in [-0.4, -0.2) is 73.9 Å². The number of esters is 2. The molecule has 50 heavy (non-hydrogen) atoms. The third-order valence-corrected chi connectivity index (χ3v) is 10.2. The van der Waals surface area contributed by atoms with Crippen molar-refractivity contribution in [1.82, 2.24) is 10.4 Å². The van der Waals surface area contributed by atoms with Crippen LogP contribution < -0.4 is 29.0 Å². The highest BCUT2D eigenvalue weighted by atomic mass is 16.7. The van der Waals surface area contributed by atoms with Gasteiger partial charge in [-0.15, -0.1) is 10.3 Å². The SMILES string of the molecule is COc1cc([C@@H]2c3cc4c(cc3CC3COC(=O)[C@@H]32)OCO4)cc(OC)c1OC(=O)[C@H](CC(C)C)NC(=O)OC1CC(C)(C)N([O])C(C)(C)C1. The molecule has 13 heteroatoms. The first-order chi connectivity index (χ1) is 23.6. The van der Waals surface area contributed by atoms with Crippen molar-refractivity contribution in [2.24, 2.45) is 17.8 Å². The summed E-state index contributed by atoms with van der Waals surface area (Å²) in [6, 6.07) is 6.31. The van der Waals surface area contributed by atoms with Gasteiger partial charge in [0, 0.05) is 35.8 Å². The summed E-state index contributed by atoms with van der Waals surface area (Å²) in [4.78, 5) is 40.1. The lowest BCUT2D eigenvalue weighted by molar-refractivity contribution is -0.298. The first kappa shape index (κ1) is 35.6. The molecule has 1 N–H and O–H groups in total. The third-order valence-electron chi connectivity index (χ3n) is 10.2. The number of carbonyl (C=O) groups excluding carboxylic acids is 3. The van der Waals surface area contributed by atoms with Crippen LogP contribution in [0.25, 0.3) is 0 Å². The van der Waals surface area contributed by atoms with Crippen molar-refractivity contribution in [3.05, 3.63) is 41.0 Å². The van der Waals surface area contributed by atoms with E-state index in [4.69, 9.17) is 33.2 Å². The third kappa shape index (κ3) is 6.77. The van der Waals surface area contributed by atoms with Gasteiger partial charge >= 0.3 is 18.0 Å². The molecule has 13 nitrogen and oxygen atoms in total. The van der Waals surface area contributed by atoms with Gasteiger partial charge in [0.2, 0.25) is 12.5 Å². The summed E-state index contributed by atoms with van der Waals surface area (Å²) < 4.78 is 40.1. The minimum atomic E-state index is -1.05. The van der Waals surface area contributed by atoms with E-state index in [1.807, 2.05) is 53.7 Å². The number of nitrogens with zero attached hydrogens (tertiary/aromatic N) is 1. The molecule has 1 radical (unpaired) electrons. The zero-order valence-electron chi connectivity index (χ0n) is 30.0. The van der Waals surface area contributed by atoms with E-state index in [-0.39, 0.29) is 48.3 Å². The smallest absolute Gasteiger partial charge is 0.408 e. The first-order valence-electron chi connectivity index (χ1n) is 17.1. The molecular formula is C37H47N2O11. The molecular weight excluding hydrogens is 648 g/mol. The molecule has 4 aliphatic rings. The van der Waals surface area contributed by atoms with Crippen LogP contribution in [0.4, 0.5) is 4.79 Å². The predicted molar refractivity (Wildman–Crippen MR) is 178 cm³/mol. The zero-order chi connectivity index (χ0) is 36.1. The van der Waals surface area contributed by atoms with Gasteiger partial charge in [0.25, 0.3) is 0 Å². The number of cyclic esters (lactones) is 1. The lowest BCUT2D eigenvalue weighted by Gasteiger charge is -2.49. The number of hydroxylamine groups is 2. The summed E-state index contributed by atoms with van der Waals surface area (Å²) in [6.07, 6.45) is 0.335. The second-order valence-electron chi connectivity index (χ2n) is 15.4. The maximum Gasteiger partial charge on any atom is 0.408 e. The number of hydrogen-bond acceptors (Lipinski definition) is 11. The highest BCUT2D eigenvalue weighted by Gasteiger charge is 2.49. The van der Waals surface area contributed by atoms with Crippen LogP contribution in [0.1, 0.15) is 83.4 Å². The van der Waals surface area contributed by atoms with E-state index in [9.17, 15) is 19.6 Å². The minimum absolute atomic E-state index is 0.0156. The predicted octanol–water partition coefficient (Wildman–Crippen LogP) is 5.32. The Morgan fingerprint density at radius 3 is 2.18 bits per heavy atom. The number of piperidine rings is 1. The molecule has 2 fully saturated rings. The van der Waals surface area contributed by atoms with Crippen molar-refractivity contribution < 1.29 is 52.7 Å². The van der Waals surface area contributed by atoms with Gasteiger partial charge in [0.05, 0.1) is 26.7 Å². The van der Waals surface area contributed by atoms with Gasteiger partial charge < -0.3 is 38.5 Å². The standard InChI is InChI=1S/C37H47N2O11/c1-19(2)9-25(38-35(42)49-23-15-36(3,4)39(43)37(5,6)16-23)33(40)50-32-28(44-7)12-21(13-29(32)45-8)30-24-14-27-26(47-18-48-27)11-20(24)10-22-17-46-34(41)31(22)30/h11-14,19,22-23,25,30-31H,9-10,15-18H2,1-8H3,(H,38,42)/t22?,25-,30+,31-/m0/s1. The maximum atomic E-state index is 13.8. The average Bonchev–Trinajstić information content (AvgIpc) is 3.66. The Labute approximate surface area is 292 Å². The van der Waals surface area contributed by atoms with Gasteiger partial charge in [-0.1, -0.05) is 13.8 Å².